The molecule has 1 aromatic rings. The third kappa shape index (κ3) is 3.86. The summed E-state index contributed by atoms with van der Waals surface area (Å²) in [4.78, 5) is 13.8. The number of nitrogens with zero attached hydrogens (tertiary/aromatic N) is 1. The van der Waals surface area contributed by atoms with Crippen molar-refractivity contribution in [3.05, 3.63) is 29.0 Å². The van der Waals surface area contributed by atoms with Gasteiger partial charge in [-0.15, -0.1) is 0 Å². The first-order valence-electron chi connectivity index (χ1n) is 6.87. The molecule has 0 aliphatic carbocycles. The smallest absolute Gasteiger partial charge is 0.260 e. The Labute approximate surface area is 128 Å². The van der Waals surface area contributed by atoms with Crippen LogP contribution in [0.5, 0.6) is 5.75 Å². The summed E-state index contributed by atoms with van der Waals surface area (Å²) < 4.78 is 18.4. The summed E-state index contributed by atoms with van der Waals surface area (Å²) in [6.45, 7) is 4.58. The number of aliphatic hydroxyl groups is 1. The molecule has 21 heavy (non-hydrogen) atoms. The van der Waals surface area contributed by atoms with Gasteiger partial charge in [0.1, 0.15) is 11.6 Å². The molecule has 2 rings (SSSR count). The molecule has 0 bridgehead atoms. The molecule has 0 spiro atoms. The topological polar surface area (TPSA) is 49.8 Å². The predicted octanol–water partition coefficient (Wildman–Crippen LogP) is 2.48. The van der Waals surface area contributed by atoms with Crippen molar-refractivity contribution in [2.75, 3.05) is 19.7 Å². The normalized spacial score (nSPS) is 25.8. The molecule has 2 atom stereocenters. The van der Waals surface area contributed by atoms with E-state index in [0.717, 1.165) is 0 Å². The van der Waals surface area contributed by atoms with Crippen LogP contribution in [0.4, 0.5) is 4.39 Å². The number of amides is 1. The summed E-state index contributed by atoms with van der Waals surface area (Å²) in [6.07, 6.45) is 0.544. The molecule has 1 aromatic carbocycles. The fourth-order valence-corrected chi connectivity index (χ4v) is 2.43. The molecule has 1 amide bonds. The number of benzene rings is 1. The molecule has 1 saturated heterocycles. The SMILES string of the molecule is C[C@@H]1CN(C(=O)COc2ccc(F)c(Cl)c2)CC[C@]1(C)O. The molecule has 0 unspecified atom stereocenters. The Bertz CT molecular complexity index is 536. The van der Waals surface area contributed by atoms with Crippen LogP contribution in [-0.4, -0.2) is 41.2 Å². The number of carbonyl (C=O) groups is 1. The molecule has 1 fully saturated rings. The van der Waals surface area contributed by atoms with Crippen molar-refractivity contribution in [2.45, 2.75) is 25.9 Å². The van der Waals surface area contributed by atoms with Gasteiger partial charge < -0.3 is 14.7 Å². The highest BCUT2D eigenvalue weighted by atomic mass is 35.5. The summed E-state index contributed by atoms with van der Waals surface area (Å²) in [5.74, 6) is -0.317. The number of hydrogen-bond donors (Lipinski definition) is 1. The minimum atomic E-state index is -0.734. The molecule has 1 N–H and O–H groups in total. The van der Waals surface area contributed by atoms with Crippen LogP contribution < -0.4 is 4.74 Å². The average Bonchev–Trinajstić information content (AvgIpc) is 2.43. The summed E-state index contributed by atoms with van der Waals surface area (Å²) in [5.41, 5.74) is -0.734. The molecule has 1 aliphatic rings. The molecule has 0 saturated carbocycles. The fraction of sp³-hybridized carbons (Fsp3) is 0.533. The highest BCUT2D eigenvalue weighted by molar-refractivity contribution is 6.30. The molecular formula is C15H19ClFNO3. The van der Waals surface area contributed by atoms with Crippen LogP contribution in [0.25, 0.3) is 0 Å². The second-order valence-electron chi connectivity index (χ2n) is 5.71. The third-order valence-electron chi connectivity index (χ3n) is 4.05. The van der Waals surface area contributed by atoms with Crippen molar-refractivity contribution in [1.82, 2.24) is 4.90 Å². The van der Waals surface area contributed by atoms with E-state index in [1.54, 1.807) is 11.8 Å². The van der Waals surface area contributed by atoms with Crippen LogP contribution in [0.2, 0.25) is 5.02 Å². The van der Waals surface area contributed by atoms with Crippen LogP contribution >= 0.6 is 11.6 Å². The second kappa shape index (κ2) is 6.20. The first-order chi connectivity index (χ1) is 9.79. The lowest BCUT2D eigenvalue weighted by molar-refractivity contribution is -0.140. The van der Waals surface area contributed by atoms with Gasteiger partial charge in [0.15, 0.2) is 6.61 Å². The predicted molar refractivity (Wildman–Crippen MR) is 77.9 cm³/mol. The highest BCUT2D eigenvalue weighted by Crippen LogP contribution is 2.27. The first kappa shape index (κ1) is 16.0. The zero-order chi connectivity index (χ0) is 15.6. The molecule has 1 aliphatic heterocycles. The first-order valence-corrected chi connectivity index (χ1v) is 7.25. The summed E-state index contributed by atoms with van der Waals surface area (Å²) >= 11 is 5.65. The van der Waals surface area contributed by atoms with E-state index in [2.05, 4.69) is 0 Å². The van der Waals surface area contributed by atoms with E-state index in [-0.39, 0.29) is 23.5 Å². The number of halogens is 2. The maximum Gasteiger partial charge on any atom is 0.260 e. The van der Waals surface area contributed by atoms with Gasteiger partial charge in [-0.1, -0.05) is 18.5 Å². The van der Waals surface area contributed by atoms with Crippen molar-refractivity contribution < 1.29 is 19.0 Å². The van der Waals surface area contributed by atoms with Gasteiger partial charge in [-0.05, 0) is 25.5 Å². The van der Waals surface area contributed by atoms with Crippen LogP contribution in [0.15, 0.2) is 18.2 Å². The van der Waals surface area contributed by atoms with Crippen LogP contribution in [0.1, 0.15) is 20.3 Å². The van der Waals surface area contributed by atoms with Gasteiger partial charge in [0, 0.05) is 25.1 Å². The largest absolute Gasteiger partial charge is 0.484 e. The maximum absolute atomic E-state index is 13.0. The third-order valence-corrected chi connectivity index (χ3v) is 4.34. The van der Waals surface area contributed by atoms with Crippen molar-refractivity contribution in [3.63, 3.8) is 0 Å². The van der Waals surface area contributed by atoms with Crippen LogP contribution in [0, 0.1) is 11.7 Å². The van der Waals surface area contributed by atoms with Gasteiger partial charge in [-0.25, -0.2) is 4.39 Å². The van der Waals surface area contributed by atoms with Crippen molar-refractivity contribution in [3.8, 4) is 5.75 Å². The van der Waals surface area contributed by atoms with Crippen molar-refractivity contribution in [2.24, 2.45) is 5.92 Å². The molecule has 1 heterocycles. The lowest BCUT2D eigenvalue weighted by Gasteiger charge is -2.41. The van der Waals surface area contributed by atoms with Gasteiger partial charge >= 0.3 is 0 Å². The Morgan fingerprint density at radius 2 is 2.33 bits per heavy atom. The molecule has 0 aromatic heterocycles. The van der Waals surface area contributed by atoms with Crippen LogP contribution in [0.3, 0.4) is 0 Å². The molecule has 116 valence electrons. The second-order valence-corrected chi connectivity index (χ2v) is 6.12. The van der Waals surface area contributed by atoms with Crippen molar-refractivity contribution >= 4 is 17.5 Å². The van der Waals surface area contributed by atoms with E-state index in [9.17, 15) is 14.3 Å². The van der Waals surface area contributed by atoms with E-state index in [1.165, 1.54) is 18.2 Å². The average molecular weight is 316 g/mol. The highest BCUT2D eigenvalue weighted by Gasteiger charge is 2.36. The molecule has 6 heteroatoms. The van der Waals surface area contributed by atoms with Crippen molar-refractivity contribution in [1.29, 1.82) is 0 Å². The lowest BCUT2D eigenvalue weighted by Crippen LogP contribution is -2.51. The number of rotatable bonds is 3. The quantitative estimate of drug-likeness (QED) is 0.932. The fourth-order valence-electron chi connectivity index (χ4n) is 2.26. The van der Waals surface area contributed by atoms with Gasteiger partial charge in [-0.2, -0.15) is 0 Å². The zero-order valence-electron chi connectivity index (χ0n) is 12.1. The zero-order valence-corrected chi connectivity index (χ0v) is 12.9. The molecule has 0 radical (unpaired) electrons. The van der Waals surface area contributed by atoms with E-state index >= 15 is 0 Å². The van der Waals surface area contributed by atoms with Gasteiger partial charge in [0.2, 0.25) is 0 Å². The number of hydrogen-bond acceptors (Lipinski definition) is 3. The molecule has 4 nitrogen and oxygen atoms in total. The monoisotopic (exact) mass is 315 g/mol. The molecular weight excluding hydrogens is 297 g/mol. The summed E-state index contributed by atoms with van der Waals surface area (Å²) in [7, 11) is 0. The number of piperidine rings is 1. The Morgan fingerprint density at radius 3 is 2.95 bits per heavy atom. The van der Waals surface area contributed by atoms with E-state index < -0.39 is 11.4 Å². The maximum atomic E-state index is 13.0. The minimum absolute atomic E-state index is 0.00969. The van der Waals surface area contributed by atoms with Gasteiger partial charge in [-0.3, -0.25) is 4.79 Å². The Kier molecular flexibility index (Phi) is 4.74. The van der Waals surface area contributed by atoms with Gasteiger partial charge in [0.25, 0.3) is 5.91 Å². The van der Waals surface area contributed by atoms with E-state index in [0.29, 0.717) is 25.3 Å². The number of ether oxygens (including phenoxy) is 1. The van der Waals surface area contributed by atoms with E-state index in [1.807, 2.05) is 6.92 Å². The number of carbonyl (C=O) groups excluding carboxylic acids is 1. The van der Waals surface area contributed by atoms with Gasteiger partial charge in [0.05, 0.1) is 10.6 Å². The number of likely N-dealkylation sites (tertiary alicyclic amines) is 1. The Balaban J connectivity index is 1.89. The summed E-state index contributed by atoms with van der Waals surface area (Å²) in [6, 6.07) is 3.97. The Morgan fingerprint density at radius 1 is 1.62 bits per heavy atom. The van der Waals surface area contributed by atoms with E-state index in [4.69, 9.17) is 16.3 Å². The lowest BCUT2D eigenvalue weighted by atomic mass is 9.84. The minimum Gasteiger partial charge on any atom is -0.484 e. The Hall–Kier alpha value is -1.33. The van der Waals surface area contributed by atoms with Crippen LogP contribution in [-0.2, 0) is 4.79 Å². The standard InChI is InChI=1S/C15H19ClFNO3/c1-10-8-18(6-5-15(10,2)20)14(19)9-21-11-3-4-13(17)12(16)7-11/h3-4,7,10,20H,5-6,8-9H2,1-2H3/t10-,15+/m1/s1. The summed E-state index contributed by atoms with van der Waals surface area (Å²) in [5, 5.41) is 10.0.